The Bertz CT molecular complexity index is 1020. The molecular formula is C22H19N3O3. The van der Waals surface area contributed by atoms with E-state index in [1.807, 2.05) is 42.5 Å². The van der Waals surface area contributed by atoms with E-state index in [1.165, 1.54) is 11.6 Å². The molecule has 5 rings (SSSR count). The van der Waals surface area contributed by atoms with Crippen LogP contribution < -0.4 is 10.2 Å². The van der Waals surface area contributed by atoms with Crippen LogP contribution in [-0.4, -0.2) is 9.93 Å². The monoisotopic (exact) mass is 373 g/mol. The Balaban J connectivity index is 1.56. The van der Waals surface area contributed by atoms with Gasteiger partial charge in [-0.1, -0.05) is 60.7 Å². The molecule has 1 fully saturated rings. The van der Waals surface area contributed by atoms with E-state index in [0.717, 1.165) is 23.3 Å². The maximum atomic E-state index is 11.2. The first-order valence-electron chi connectivity index (χ1n) is 9.30. The zero-order valence-corrected chi connectivity index (χ0v) is 15.1. The molecule has 3 aromatic carbocycles. The summed E-state index contributed by atoms with van der Waals surface area (Å²) >= 11 is 0. The van der Waals surface area contributed by atoms with E-state index in [2.05, 4.69) is 28.6 Å². The molecule has 6 nitrogen and oxygen atoms in total. The standard InChI is InChI=1S/C22H19N3O3/c26-25(27)17-10-6-9-16(13-17)22-24-20(18-11-4-5-12-21(18)28-22)14-19(23-24)15-7-2-1-3-8-15/h1-13,19-20,22-23H,14H2/t19-,20-,22+/m1/s1. The summed E-state index contributed by atoms with van der Waals surface area (Å²) < 4.78 is 6.29. The minimum Gasteiger partial charge on any atom is -0.469 e. The third-order valence-corrected chi connectivity index (χ3v) is 5.44. The lowest BCUT2D eigenvalue weighted by Crippen LogP contribution is -2.42. The van der Waals surface area contributed by atoms with Crippen LogP contribution in [0.25, 0.3) is 0 Å². The molecule has 0 amide bonds. The van der Waals surface area contributed by atoms with E-state index in [0.29, 0.717) is 0 Å². The summed E-state index contributed by atoms with van der Waals surface area (Å²) in [5.41, 5.74) is 6.76. The van der Waals surface area contributed by atoms with Gasteiger partial charge in [-0.25, -0.2) is 5.43 Å². The molecule has 3 atom stereocenters. The molecule has 0 spiro atoms. The van der Waals surface area contributed by atoms with Crippen molar-refractivity contribution in [2.75, 3.05) is 0 Å². The predicted molar refractivity (Wildman–Crippen MR) is 104 cm³/mol. The van der Waals surface area contributed by atoms with Crippen LogP contribution in [0.5, 0.6) is 5.75 Å². The van der Waals surface area contributed by atoms with Crippen molar-refractivity contribution in [2.24, 2.45) is 0 Å². The maximum Gasteiger partial charge on any atom is 0.269 e. The van der Waals surface area contributed by atoms with E-state index >= 15 is 0 Å². The number of hydrogen-bond donors (Lipinski definition) is 1. The van der Waals surface area contributed by atoms with Crippen molar-refractivity contribution in [2.45, 2.75) is 24.7 Å². The second kappa shape index (κ2) is 6.74. The molecular weight excluding hydrogens is 354 g/mol. The molecule has 140 valence electrons. The number of hydrazine groups is 1. The highest BCUT2D eigenvalue weighted by molar-refractivity contribution is 5.42. The highest BCUT2D eigenvalue weighted by Gasteiger charge is 2.44. The van der Waals surface area contributed by atoms with Crippen LogP contribution in [0.4, 0.5) is 5.69 Å². The molecule has 0 radical (unpaired) electrons. The van der Waals surface area contributed by atoms with Crippen molar-refractivity contribution in [1.29, 1.82) is 0 Å². The van der Waals surface area contributed by atoms with Gasteiger partial charge < -0.3 is 4.74 Å². The molecule has 1 saturated heterocycles. The number of nitro benzene ring substituents is 1. The van der Waals surface area contributed by atoms with Crippen LogP contribution in [0.1, 0.15) is 41.4 Å². The zero-order valence-electron chi connectivity index (χ0n) is 15.1. The Labute approximate surface area is 162 Å². The minimum atomic E-state index is -0.437. The SMILES string of the molecule is O=[N+]([O-])c1cccc([C@@H]2Oc3ccccc3[C@H]3C[C@H](c4ccccc4)NN32)c1. The van der Waals surface area contributed by atoms with Crippen LogP contribution >= 0.6 is 0 Å². The van der Waals surface area contributed by atoms with Crippen LogP contribution in [0.2, 0.25) is 0 Å². The molecule has 0 aromatic heterocycles. The van der Waals surface area contributed by atoms with Crippen molar-refractivity contribution >= 4 is 5.69 Å². The third kappa shape index (κ3) is 2.83. The fourth-order valence-electron chi connectivity index (χ4n) is 4.12. The molecule has 3 aromatic rings. The van der Waals surface area contributed by atoms with Gasteiger partial charge in [0.15, 0.2) is 6.23 Å². The van der Waals surface area contributed by atoms with Gasteiger partial charge >= 0.3 is 0 Å². The lowest BCUT2D eigenvalue weighted by Gasteiger charge is -2.38. The summed E-state index contributed by atoms with van der Waals surface area (Å²) in [4.78, 5) is 10.9. The van der Waals surface area contributed by atoms with Gasteiger partial charge in [0.2, 0.25) is 0 Å². The smallest absolute Gasteiger partial charge is 0.269 e. The van der Waals surface area contributed by atoms with Crippen LogP contribution in [-0.2, 0) is 0 Å². The Morgan fingerprint density at radius 3 is 2.54 bits per heavy atom. The van der Waals surface area contributed by atoms with Crippen molar-refractivity contribution < 1.29 is 9.66 Å². The normalized spacial score (nSPS) is 23.5. The average Bonchev–Trinajstić information content (AvgIpc) is 3.20. The maximum absolute atomic E-state index is 11.2. The van der Waals surface area contributed by atoms with E-state index in [1.54, 1.807) is 12.1 Å². The van der Waals surface area contributed by atoms with Gasteiger partial charge in [-0.15, -0.1) is 0 Å². The number of para-hydroxylation sites is 1. The summed E-state index contributed by atoms with van der Waals surface area (Å²) in [6, 6.07) is 25.3. The third-order valence-electron chi connectivity index (χ3n) is 5.44. The second-order valence-corrected chi connectivity index (χ2v) is 7.11. The molecule has 1 N–H and O–H groups in total. The summed E-state index contributed by atoms with van der Waals surface area (Å²) in [6.07, 6.45) is 0.462. The summed E-state index contributed by atoms with van der Waals surface area (Å²) in [7, 11) is 0. The van der Waals surface area contributed by atoms with Crippen LogP contribution in [0.3, 0.4) is 0 Å². The quantitative estimate of drug-likeness (QED) is 0.533. The fraction of sp³-hybridized carbons (Fsp3) is 0.182. The minimum absolute atomic E-state index is 0.0651. The largest absolute Gasteiger partial charge is 0.469 e. The second-order valence-electron chi connectivity index (χ2n) is 7.11. The number of nitrogens with zero attached hydrogens (tertiary/aromatic N) is 2. The summed E-state index contributed by atoms with van der Waals surface area (Å²) in [5.74, 6) is 0.829. The first kappa shape index (κ1) is 16.9. The van der Waals surface area contributed by atoms with E-state index in [9.17, 15) is 10.1 Å². The molecule has 0 unspecified atom stereocenters. The Morgan fingerprint density at radius 2 is 1.71 bits per heavy atom. The molecule has 28 heavy (non-hydrogen) atoms. The fourth-order valence-corrected chi connectivity index (χ4v) is 4.12. The van der Waals surface area contributed by atoms with Gasteiger partial charge in [0.25, 0.3) is 5.69 Å². The van der Waals surface area contributed by atoms with Gasteiger partial charge in [0.1, 0.15) is 5.75 Å². The Hall–Kier alpha value is -3.22. The van der Waals surface area contributed by atoms with Gasteiger partial charge in [-0.2, -0.15) is 5.01 Å². The molecule has 6 heteroatoms. The number of ether oxygens (including phenoxy) is 1. The predicted octanol–water partition coefficient (Wildman–Crippen LogP) is 4.68. The Morgan fingerprint density at radius 1 is 0.964 bits per heavy atom. The summed E-state index contributed by atoms with van der Waals surface area (Å²) in [5, 5.41) is 13.3. The van der Waals surface area contributed by atoms with Crippen molar-refractivity contribution in [3.05, 3.63) is 106 Å². The van der Waals surface area contributed by atoms with E-state index in [-0.39, 0.29) is 22.7 Å². The number of non-ortho nitro benzene ring substituents is 1. The topological polar surface area (TPSA) is 67.6 Å². The lowest BCUT2D eigenvalue weighted by atomic mass is 9.95. The molecule has 0 aliphatic carbocycles. The first-order valence-corrected chi connectivity index (χ1v) is 9.30. The highest BCUT2D eigenvalue weighted by Crippen LogP contribution is 2.48. The van der Waals surface area contributed by atoms with E-state index in [4.69, 9.17) is 4.74 Å². The van der Waals surface area contributed by atoms with E-state index < -0.39 is 6.23 Å². The van der Waals surface area contributed by atoms with Crippen molar-refractivity contribution in [3.63, 3.8) is 0 Å². The van der Waals surface area contributed by atoms with Gasteiger partial charge in [-0.3, -0.25) is 10.1 Å². The zero-order chi connectivity index (χ0) is 19.1. The number of hydrogen-bond acceptors (Lipinski definition) is 5. The number of benzene rings is 3. The number of rotatable bonds is 3. The number of nitro groups is 1. The average molecular weight is 373 g/mol. The number of nitrogens with one attached hydrogen (secondary N) is 1. The summed E-state index contributed by atoms with van der Waals surface area (Å²) in [6.45, 7) is 0. The van der Waals surface area contributed by atoms with Gasteiger partial charge in [-0.05, 0) is 18.1 Å². The highest BCUT2D eigenvalue weighted by atomic mass is 16.6. The van der Waals surface area contributed by atoms with Gasteiger partial charge in [0, 0.05) is 29.3 Å². The molecule has 0 bridgehead atoms. The van der Waals surface area contributed by atoms with Crippen LogP contribution in [0.15, 0.2) is 78.9 Å². The molecule has 2 heterocycles. The van der Waals surface area contributed by atoms with Crippen molar-refractivity contribution in [3.8, 4) is 5.75 Å². The lowest BCUT2D eigenvalue weighted by molar-refractivity contribution is -0.385. The molecule has 2 aliphatic heterocycles. The van der Waals surface area contributed by atoms with Crippen LogP contribution in [0, 0.1) is 10.1 Å². The molecule has 2 aliphatic rings. The van der Waals surface area contributed by atoms with Crippen molar-refractivity contribution in [1.82, 2.24) is 10.4 Å². The molecule has 0 saturated carbocycles. The Kier molecular flexibility index (Phi) is 4.07. The van der Waals surface area contributed by atoms with Gasteiger partial charge in [0.05, 0.1) is 11.0 Å². The first-order chi connectivity index (χ1) is 13.7. The number of fused-ring (bicyclic) bond motifs is 3.